The standard InChI is InChI=1S/C18H12BrF3N2/c19-15-7-4-12(5-8-15)6-9-17-23-11-16(24-17)13-2-1-3-14(10-13)18(20,21)22/h1-11H,(H,23,24). The summed E-state index contributed by atoms with van der Waals surface area (Å²) in [6.45, 7) is 0. The van der Waals surface area contributed by atoms with E-state index in [4.69, 9.17) is 0 Å². The fourth-order valence-electron chi connectivity index (χ4n) is 2.18. The predicted octanol–water partition coefficient (Wildman–Crippen LogP) is 6.03. The van der Waals surface area contributed by atoms with Crippen molar-refractivity contribution in [3.63, 3.8) is 0 Å². The van der Waals surface area contributed by atoms with Crippen molar-refractivity contribution >= 4 is 28.1 Å². The smallest absolute Gasteiger partial charge is 0.338 e. The fraction of sp³-hybridized carbons (Fsp3) is 0.0556. The van der Waals surface area contributed by atoms with Gasteiger partial charge >= 0.3 is 6.18 Å². The maximum absolute atomic E-state index is 12.8. The highest BCUT2D eigenvalue weighted by Crippen LogP contribution is 2.31. The number of H-pyrrole nitrogens is 1. The van der Waals surface area contributed by atoms with Gasteiger partial charge in [-0.15, -0.1) is 0 Å². The van der Waals surface area contributed by atoms with Crippen molar-refractivity contribution in [3.8, 4) is 11.3 Å². The van der Waals surface area contributed by atoms with Crippen LogP contribution in [0.4, 0.5) is 13.2 Å². The number of benzene rings is 2. The van der Waals surface area contributed by atoms with Crippen LogP contribution in [0.2, 0.25) is 0 Å². The normalized spacial score (nSPS) is 12.0. The topological polar surface area (TPSA) is 28.7 Å². The molecule has 1 heterocycles. The summed E-state index contributed by atoms with van der Waals surface area (Å²) >= 11 is 3.37. The van der Waals surface area contributed by atoms with E-state index in [1.807, 2.05) is 30.3 Å². The first-order valence-electron chi connectivity index (χ1n) is 7.08. The van der Waals surface area contributed by atoms with Crippen molar-refractivity contribution in [2.45, 2.75) is 6.18 Å². The average molecular weight is 393 g/mol. The van der Waals surface area contributed by atoms with Gasteiger partial charge in [0.2, 0.25) is 0 Å². The fourth-order valence-corrected chi connectivity index (χ4v) is 2.44. The average Bonchev–Trinajstić information content (AvgIpc) is 3.03. The van der Waals surface area contributed by atoms with Crippen LogP contribution in [0, 0.1) is 0 Å². The predicted molar refractivity (Wildman–Crippen MR) is 92.1 cm³/mol. The second kappa shape index (κ2) is 6.65. The minimum absolute atomic E-state index is 0.445. The van der Waals surface area contributed by atoms with Gasteiger partial charge < -0.3 is 4.98 Å². The molecular weight excluding hydrogens is 381 g/mol. The molecule has 24 heavy (non-hydrogen) atoms. The number of aromatic nitrogens is 2. The minimum atomic E-state index is -4.36. The van der Waals surface area contributed by atoms with E-state index in [1.165, 1.54) is 12.3 Å². The van der Waals surface area contributed by atoms with Gasteiger partial charge in [0, 0.05) is 10.0 Å². The maximum atomic E-state index is 12.8. The highest BCUT2D eigenvalue weighted by atomic mass is 79.9. The third-order valence-electron chi connectivity index (χ3n) is 3.40. The minimum Gasteiger partial charge on any atom is -0.338 e. The Kier molecular flexibility index (Phi) is 4.57. The Labute approximate surface area is 145 Å². The number of nitrogens with one attached hydrogen (secondary N) is 1. The molecule has 1 N–H and O–H groups in total. The molecule has 2 nitrogen and oxygen atoms in total. The zero-order valence-corrected chi connectivity index (χ0v) is 13.9. The maximum Gasteiger partial charge on any atom is 0.416 e. The number of hydrogen-bond acceptors (Lipinski definition) is 1. The van der Waals surface area contributed by atoms with E-state index in [2.05, 4.69) is 25.9 Å². The molecule has 0 saturated carbocycles. The van der Waals surface area contributed by atoms with Crippen molar-refractivity contribution in [3.05, 3.63) is 76.2 Å². The highest BCUT2D eigenvalue weighted by molar-refractivity contribution is 9.10. The molecule has 0 bridgehead atoms. The van der Waals surface area contributed by atoms with Crippen LogP contribution in [0.3, 0.4) is 0 Å². The van der Waals surface area contributed by atoms with Crippen LogP contribution in [0.25, 0.3) is 23.4 Å². The number of halogens is 4. The van der Waals surface area contributed by atoms with Gasteiger partial charge in [0.05, 0.1) is 17.5 Å². The summed E-state index contributed by atoms with van der Waals surface area (Å²) in [5.74, 6) is 0.574. The van der Waals surface area contributed by atoms with E-state index in [0.717, 1.165) is 22.2 Å². The number of nitrogens with zero attached hydrogens (tertiary/aromatic N) is 1. The summed E-state index contributed by atoms with van der Waals surface area (Å²) < 4.78 is 39.3. The van der Waals surface area contributed by atoms with Crippen LogP contribution in [-0.2, 0) is 6.18 Å². The number of rotatable bonds is 3. The number of alkyl halides is 3. The quantitative estimate of drug-likeness (QED) is 0.579. The van der Waals surface area contributed by atoms with Crippen LogP contribution in [0.1, 0.15) is 17.0 Å². The largest absolute Gasteiger partial charge is 0.416 e. The second-order valence-corrected chi connectivity index (χ2v) is 6.06. The van der Waals surface area contributed by atoms with Crippen molar-refractivity contribution in [2.24, 2.45) is 0 Å². The van der Waals surface area contributed by atoms with Crippen LogP contribution >= 0.6 is 15.9 Å². The monoisotopic (exact) mass is 392 g/mol. The summed E-state index contributed by atoms with van der Waals surface area (Å²) in [5.41, 5.74) is 1.30. The molecule has 0 aliphatic carbocycles. The van der Waals surface area contributed by atoms with E-state index < -0.39 is 11.7 Å². The molecule has 122 valence electrons. The van der Waals surface area contributed by atoms with Crippen LogP contribution in [0.5, 0.6) is 0 Å². The molecule has 3 aromatic rings. The van der Waals surface area contributed by atoms with Crippen LogP contribution < -0.4 is 0 Å². The van der Waals surface area contributed by atoms with Crippen LogP contribution in [0.15, 0.2) is 59.2 Å². The molecule has 3 rings (SSSR count). The molecule has 0 spiro atoms. The zero-order valence-electron chi connectivity index (χ0n) is 12.3. The number of aromatic amines is 1. The van der Waals surface area contributed by atoms with E-state index in [0.29, 0.717) is 17.1 Å². The molecule has 0 saturated heterocycles. The Bertz CT molecular complexity index is 864. The van der Waals surface area contributed by atoms with E-state index in [-0.39, 0.29) is 0 Å². The first kappa shape index (κ1) is 16.5. The molecule has 0 fully saturated rings. The van der Waals surface area contributed by atoms with Gasteiger partial charge in [-0.1, -0.05) is 46.3 Å². The lowest BCUT2D eigenvalue weighted by atomic mass is 10.1. The summed E-state index contributed by atoms with van der Waals surface area (Å²) in [6.07, 6.45) is 0.818. The van der Waals surface area contributed by atoms with Gasteiger partial charge in [0.1, 0.15) is 5.82 Å². The molecule has 1 aromatic heterocycles. The summed E-state index contributed by atoms with van der Waals surface area (Å²) in [5, 5.41) is 0. The lowest BCUT2D eigenvalue weighted by Crippen LogP contribution is -2.04. The molecule has 0 atom stereocenters. The molecule has 0 radical (unpaired) electrons. The Hall–Kier alpha value is -2.34. The number of imidazole rings is 1. The molecule has 6 heteroatoms. The summed E-state index contributed by atoms with van der Waals surface area (Å²) in [4.78, 5) is 7.20. The van der Waals surface area contributed by atoms with Crippen molar-refractivity contribution < 1.29 is 13.2 Å². The second-order valence-electron chi connectivity index (χ2n) is 5.15. The first-order chi connectivity index (χ1) is 11.4. The van der Waals surface area contributed by atoms with Crippen LogP contribution in [-0.4, -0.2) is 9.97 Å². The Morgan fingerprint density at radius 3 is 2.46 bits per heavy atom. The zero-order chi connectivity index (χ0) is 17.2. The Morgan fingerprint density at radius 1 is 1.00 bits per heavy atom. The molecular formula is C18H12BrF3N2. The molecule has 0 unspecified atom stereocenters. The lowest BCUT2D eigenvalue weighted by Gasteiger charge is -2.07. The molecule has 0 aliphatic heterocycles. The Morgan fingerprint density at radius 2 is 1.75 bits per heavy atom. The van der Waals surface area contributed by atoms with Gasteiger partial charge in [0.25, 0.3) is 0 Å². The lowest BCUT2D eigenvalue weighted by molar-refractivity contribution is -0.137. The third-order valence-corrected chi connectivity index (χ3v) is 3.93. The highest BCUT2D eigenvalue weighted by Gasteiger charge is 2.30. The van der Waals surface area contributed by atoms with E-state index in [1.54, 1.807) is 12.1 Å². The van der Waals surface area contributed by atoms with Crippen molar-refractivity contribution in [1.29, 1.82) is 0 Å². The van der Waals surface area contributed by atoms with Gasteiger partial charge in [-0.2, -0.15) is 13.2 Å². The third kappa shape index (κ3) is 3.94. The number of hydrogen-bond donors (Lipinski definition) is 1. The van der Waals surface area contributed by atoms with E-state index >= 15 is 0 Å². The van der Waals surface area contributed by atoms with Gasteiger partial charge in [-0.3, -0.25) is 0 Å². The summed E-state index contributed by atoms with van der Waals surface area (Å²) in [7, 11) is 0. The van der Waals surface area contributed by atoms with Crippen molar-refractivity contribution in [2.75, 3.05) is 0 Å². The SMILES string of the molecule is FC(F)(F)c1cccc(-c2cnc(C=Cc3ccc(Br)cc3)[nH]2)c1. The molecule has 0 aliphatic rings. The molecule has 2 aromatic carbocycles. The summed E-state index contributed by atoms with van der Waals surface area (Å²) in [6, 6.07) is 12.9. The Balaban J connectivity index is 1.82. The molecule has 0 amide bonds. The van der Waals surface area contributed by atoms with Gasteiger partial charge in [0.15, 0.2) is 0 Å². The van der Waals surface area contributed by atoms with Gasteiger partial charge in [-0.05, 0) is 35.9 Å². The van der Waals surface area contributed by atoms with Crippen molar-refractivity contribution in [1.82, 2.24) is 9.97 Å². The first-order valence-corrected chi connectivity index (χ1v) is 7.87. The van der Waals surface area contributed by atoms with Gasteiger partial charge in [-0.25, -0.2) is 4.98 Å². The van der Waals surface area contributed by atoms with E-state index in [9.17, 15) is 13.2 Å².